The van der Waals surface area contributed by atoms with Crippen LogP contribution in [-0.2, 0) is 4.79 Å². The summed E-state index contributed by atoms with van der Waals surface area (Å²) in [5, 5.41) is 19.6. The van der Waals surface area contributed by atoms with Gasteiger partial charge >= 0.3 is 0 Å². The molecular weight excluding hydrogens is 268 g/mol. The second kappa shape index (κ2) is 5.38. The van der Waals surface area contributed by atoms with Crippen LogP contribution < -0.4 is 4.74 Å². The molecule has 110 valence electrons. The third-order valence-electron chi connectivity index (χ3n) is 4.27. The van der Waals surface area contributed by atoms with Gasteiger partial charge in [0.1, 0.15) is 18.0 Å². The van der Waals surface area contributed by atoms with Gasteiger partial charge in [-0.05, 0) is 38.0 Å². The van der Waals surface area contributed by atoms with E-state index in [2.05, 4.69) is 6.07 Å². The molecule has 0 aliphatic carbocycles. The number of fused-ring (bicyclic) bond motifs is 1. The lowest BCUT2D eigenvalue weighted by Crippen LogP contribution is -2.50. The maximum atomic E-state index is 12.2. The summed E-state index contributed by atoms with van der Waals surface area (Å²) in [5.74, 6) is 0.711. The van der Waals surface area contributed by atoms with Crippen molar-refractivity contribution in [2.45, 2.75) is 44.4 Å². The molecule has 0 bridgehead atoms. The Balaban J connectivity index is 2.06. The lowest BCUT2D eigenvalue weighted by Gasteiger charge is -2.43. The van der Waals surface area contributed by atoms with Crippen LogP contribution in [0.2, 0.25) is 0 Å². The first-order valence-electron chi connectivity index (χ1n) is 7.30. The zero-order chi connectivity index (χ0) is 15.0. The number of nitriles is 1. The van der Waals surface area contributed by atoms with E-state index in [4.69, 9.17) is 10.00 Å². The molecule has 0 unspecified atom stereocenters. The first kappa shape index (κ1) is 13.9. The number of likely N-dealkylation sites (tertiary alicyclic amines) is 1. The summed E-state index contributed by atoms with van der Waals surface area (Å²) in [6.45, 7) is 2.44. The highest BCUT2D eigenvalue weighted by Gasteiger charge is 2.41. The lowest BCUT2D eigenvalue weighted by molar-refractivity contribution is -0.142. The molecule has 2 heterocycles. The Hall–Kier alpha value is -2.06. The molecule has 2 aliphatic rings. The predicted molar refractivity (Wildman–Crippen MR) is 75.6 cm³/mol. The van der Waals surface area contributed by atoms with Crippen LogP contribution in [0, 0.1) is 11.3 Å². The van der Waals surface area contributed by atoms with Gasteiger partial charge in [0.15, 0.2) is 0 Å². The minimum atomic E-state index is -0.784. The summed E-state index contributed by atoms with van der Waals surface area (Å²) in [6.07, 6.45) is 1.19. The number of hydrogen-bond donors (Lipinski definition) is 1. The number of carbonyl (C=O) groups excluding carboxylic acids is 1. The standard InChI is InChI=1S/C16H18N2O3/c1-10-16(20)15(18-7-3-2-4-14(18)19)12-8-11(9-17)5-6-13(12)21-10/h5-6,8,10,15-16,20H,2-4,7H2,1H3/t10-,15-,16-/m0/s1. The number of aliphatic hydroxyl groups is 1. The average molecular weight is 286 g/mol. The molecule has 1 saturated heterocycles. The van der Waals surface area contributed by atoms with E-state index in [0.29, 0.717) is 24.3 Å². The quantitative estimate of drug-likeness (QED) is 0.853. The molecule has 3 atom stereocenters. The molecule has 1 fully saturated rings. The van der Waals surface area contributed by atoms with Gasteiger partial charge in [-0.1, -0.05) is 0 Å². The Morgan fingerprint density at radius 3 is 2.95 bits per heavy atom. The van der Waals surface area contributed by atoms with Crippen molar-refractivity contribution in [2.75, 3.05) is 6.54 Å². The number of carbonyl (C=O) groups is 1. The Morgan fingerprint density at radius 2 is 2.24 bits per heavy atom. The molecule has 5 nitrogen and oxygen atoms in total. The Morgan fingerprint density at radius 1 is 1.43 bits per heavy atom. The first-order chi connectivity index (χ1) is 10.1. The smallest absolute Gasteiger partial charge is 0.223 e. The lowest BCUT2D eigenvalue weighted by atomic mass is 9.90. The normalized spacial score (nSPS) is 28.5. The van der Waals surface area contributed by atoms with E-state index in [-0.39, 0.29) is 12.0 Å². The van der Waals surface area contributed by atoms with Crippen LogP contribution in [0.3, 0.4) is 0 Å². The number of hydrogen-bond acceptors (Lipinski definition) is 4. The zero-order valence-electron chi connectivity index (χ0n) is 12.0. The molecule has 5 heteroatoms. The summed E-state index contributed by atoms with van der Waals surface area (Å²) in [7, 11) is 0. The van der Waals surface area contributed by atoms with Crippen molar-refractivity contribution in [2.24, 2.45) is 0 Å². The van der Waals surface area contributed by atoms with Crippen molar-refractivity contribution in [3.8, 4) is 11.8 Å². The monoisotopic (exact) mass is 286 g/mol. The van der Waals surface area contributed by atoms with E-state index in [1.807, 2.05) is 0 Å². The fraction of sp³-hybridized carbons (Fsp3) is 0.500. The van der Waals surface area contributed by atoms with Gasteiger partial charge in [-0.3, -0.25) is 4.79 Å². The summed E-state index contributed by atoms with van der Waals surface area (Å²) in [4.78, 5) is 14.0. The van der Waals surface area contributed by atoms with E-state index in [9.17, 15) is 9.90 Å². The van der Waals surface area contributed by atoms with E-state index >= 15 is 0 Å². The molecule has 3 rings (SSSR count). The van der Waals surface area contributed by atoms with Crippen LogP contribution in [0.25, 0.3) is 0 Å². The molecule has 0 radical (unpaired) electrons. The molecule has 2 aliphatic heterocycles. The van der Waals surface area contributed by atoms with Gasteiger partial charge in [0.2, 0.25) is 5.91 Å². The van der Waals surface area contributed by atoms with Crippen molar-refractivity contribution in [3.63, 3.8) is 0 Å². The minimum Gasteiger partial charge on any atom is -0.488 e. The molecule has 1 N–H and O–H groups in total. The van der Waals surface area contributed by atoms with Crippen molar-refractivity contribution in [1.29, 1.82) is 5.26 Å². The van der Waals surface area contributed by atoms with Gasteiger partial charge in [-0.2, -0.15) is 5.26 Å². The highest BCUT2D eigenvalue weighted by molar-refractivity contribution is 5.77. The van der Waals surface area contributed by atoms with Crippen LogP contribution in [0.4, 0.5) is 0 Å². The predicted octanol–water partition coefficient (Wildman–Crippen LogP) is 1.75. The number of benzene rings is 1. The Labute approximate surface area is 123 Å². The largest absolute Gasteiger partial charge is 0.488 e. The van der Waals surface area contributed by atoms with Crippen molar-refractivity contribution >= 4 is 5.91 Å². The first-order valence-corrected chi connectivity index (χ1v) is 7.30. The summed E-state index contributed by atoms with van der Waals surface area (Å²) >= 11 is 0. The maximum Gasteiger partial charge on any atom is 0.223 e. The van der Waals surface area contributed by atoms with Gasteiger partial charge < -0.3 is 14.7 Å². The van der Waals surface area contributed by atoms with Crippen LogP contribution >= 0.6 is 0 Å². The fourth-order valence-corrected chi connectivity index (χ4v) is 3.14. The molecule has 1 aromatic rings. The molecule has 0 aromatic heterocycles. The second-order valence-electron chi connectivity index (χ2n) is 5.67. The van der Waals surface area contributed by atoms with Gasteiger partial charge in [0.25, 0.3) is 0 Å². The summed E-state index contributed by atoms with van der Waals surface area (Å²) < 4.78 is 5.70. The topological polar surface area (TPSA) is 73.6 Å². The number of nitrogens with zero attached hydrogens (tertiary/aromatic N) is 2. The Bertz CT molecular complexity index is 608. The number of rotatable bonds is 1. The molecule has 1 amide bonds. The maximum absolute atomic E-state index is 12.2. The van der Waals surface area contributed by atoms with Crippen molar-refractivity contribution in [3.05, 3.63) is 29.3 Å². The van der Waals surface area contributed by atoms with E-state index in [1.165, 1.54) is 0 Å². The van der Waals surface area contributed by atoms with E-state index < -0.39 is 12.1 Å². The molecule has 0 saturated carbocycles. The fourth-order valence-electron chi connectivity index (χ4n) is 3.14. The minimum absolute atomic E-state index is 0.0627. The van der Waals surface area contributed by atoms with Crippen molar-refractivity contribution < 1.29 is 14.6 Å². The van der Waals surface area contributed by atoms with Crippen LogP contribution in [0.15, 0.2) is 18.2 Å². The second-order valence-corrected chi connectivity index (χ2v) is 5.67. The highest BCUT2D eigenvalue weighted by atomic mass is 16.5. The number of amides is 1. The van der Waals surface area contributed by atoms with Gasteiger partial charge in [-0.25, -0.2) is 0 Å². The van der Waals surface area contributed by atoms with Gasteiger partial charge in [0, 0.05) is 18.5 Å². The number of ether oxygens (including phenoxy) is 1. The summed E-state index contributed by atoms with van der Waals surface area (Å²) in [6, 6.07) is 6.83. The number of aliphatic hydroxyl groups excluding tert-OH is 1. The average Bonchev–Trinajstić information content (AvgIpc) is 2.49. The molecular formula is C16H18N2O3. The summed E-state index contributed by atoms with van der Waals surface area (Å²) in [5.41, 5.74) is 1.24. The SMILES string of the molecule is C[C@@H]1Oc2ccc(C#N)cc2[C@H](N2CCCCC2=O)[C@H]1O. The molecule has 21 heavy (non-hydrogen) atoms. The third-order valence-corrected chi connectivity index (χ3v) is 4.27. The van der Waals surface area contributed by atoms with Crippen LogP contribution in [-0.4, -0.2) is 34.7 Å². The van der Waals surface area contributed by atoms with Gasteiger partial charge in [-0.15, -0.1) is 0 Å². The number of piperidine rings is 1. The molecule has 1 aromatic carbocycles. The van der Waals surface area contributed by atoms with E-state index in [1.54, 1.807) is 30.0 Å². The Kier molecular flexibility index (Phi) is 3.56. The zero-order valence-corrected chi connectivity index (χ0v) is 12.0. The third kappa shape index (κ3) is 2.36. The van der Waals surface area contributed by atoms with E-state index in [0.717, 1.165) is 18.4 Å². The molecule has 0 spiro atoms. The highest BCUT2D eigenvalue weighted by Crippen LogP contribution is 2.40. The van der Waals surface area contributed by atoms with Crippen molar-refractivity contribution in [1.82, 2.24) is 4.90 Å². The van der Waals surface area contributed by atoms with Crippen LogP contribution in [0.1, 0.15) is 43.4 Å². The van der Waals surface area contributed by atoms with Crippen LogP contribution in [0.5, 0.6) is 5.75 Å². The van der Waals surface area contributed by atoms with Gasteiger partial charge in [0.05, 0.1) is 17.7 Å².